The van der Waals surface area contributed by atoms with Crippen molar-refractivity contribution in [3.8, 4) is 0 Å². The molecule has 0 bridgehead atoms. The first-order chi connectivity index (χ1) is 7.31. The fourth-order valence-corrected chi connectivity index (χ4v) is 1.58. The van der Waals surface area contributed by atoms with E-state index in [9.17, 15) is 0 Å². The van der Waals surface area contributed by atoms with Gasteiger partial charge in [0.15, 0.2) is 0 Å². The first-order valence-corrected chi connectivity index (χ1v) is 5.20. The number of nitrogens with two attached hydrogens (primary N) is 1. The summed E-state index contributed by atoms with van der Waals surface area (Å²) in [6.45, 7) is 0. The van der Waals surface area contributed by atoms with Crippen molar-refractivity contribution in [3.05, 3.63) is 52.7 Å². The molecule has 1 atom stereocenters. The molecule has 4 nitrogen and oxygen atoms in total. The Morgan fingerprint density at radius 1 is 1.40 bits per heavy atom. The molecule has 0 radical (unpaired) electrons. The van der Waals surface area contributed by atoms with Crippen LogP contribution in [-0.4, -0.2) is 4.98 Å². The van der Waals surface area contributed by atoms with Gasteiger partial charge in [-0.15, -0.1) is 0 Å². The van der Waals surface area contributed by atoms with Crippen molar-refractivity contribution in [2.45, 2.75) is 6.04 Å². The van der Waals surface area contributed by atoms with Crippen molar-refractivity contribution in [3.63, 3.8) is 0 Å². The largest absolute Gasteiger partial charge is 0.472 e. The SMILES string of the molecule is NNC(c1ccoc1)c1ccc(Br)cn1. The van der Waals surface area contributed by atoms with E-state index in [2.05, 4.69) is 26.3 Å². The Bertz CT molecular complexity index is 413. The fourth-order valence-electron chi connectivity index (χ4n) is 1.35. The molecule has 78 valence electrons. The van der Waals surface area contributed by atoms with Gasteiger partial charge < -0.3 is 4.42 Å². The maximum absolute atomic E-state index is 5.49. The van der Waals surface area contributed by atoms with Crippen LogP contribution in [0.15, 0.2) is 45.8 Å². The van der Waals surface area contributed by atoms with E-state index in [1.165, 1.54) is 0 Å². The van der Waals surface area contributed by atoms with Crippen LogP contribution in [0.3, 0.4) is 0 Å². The van der Waals surface area contributed by atoms with Gasteiger partial charge in [-0.25, -0.2) is 5.43 Å². The Morgan fingerprint density at radius 3 is 2.80 bits per heavy atom. The van der Waals surface area contributed by atoms with Crippen LogP contribution in [0.25, 0.3) is 0 Å². The first-order valence-electron chi connectivity index (χ1n) is 4.41. The topological polar surface area (TPSA) is 64.1 Å². The van der Waals surface area contributed by atoms with Gasteiger partial charge in [0.05, 0.1) is 24.3 Å². The van der Waals surface area contributed by atoms with Gasteiger partial charge in [-0.2, -0.15) is 0 Å². The van der Waals surface area contributed by atoms with Crippen LogP contribution < -0.4 is 11.3 Å². The lowest BCUT2D eigenvalue weighted by Crippen LogP contribution is -2.29. The maximum atomic E-state index is 5.49. The second-order valence-corrected chi connectivity index (χ2v) is 3.97. The van der Waals surface area contributed by atoms with E-state index < -0.39 is 0 Å². The van der Waals surface area contributed by atoms with Gasteiger partial charge in [0.1, 0.15) is 0 Å². The Morgan fingerprint density at radius 2 is 2.27 bits per heavy atom. The number of furan rings is 1. The van der Waals surface area contributed by atoms with Crippen molar-refractivity contribution >= 4 is 15.9 Å². The molecule has 1 unspecified atom stereocenters. The number of rotatable bonds is 3. The van der Waals surface area contributed by atoms with E-state index in [1.807, 2.05) is 18.2 Å². The average Bonchev–Trinajstić information content (AvgIpc) is 2.75. The number of nitrogens with zero attached hydrogens (tertiary/aromatic N) is 1. The highest BCUT2D eigenvalue weighted by Gasteiger charge is 2.14. The highest BCUT2D eigenvalue weighted by atomic mass is 79.9. The van der Waals surface area contributed by atoms with Crippen LogP contribution in [0.1, 0.15) is 17.3 Å². The number of hydrogen-bond acceptors (Lipinski definition) is 4. The molecule has 5 heteroatoms. The van der Waals surface area contributed by atoms with Crippen LogP contribution in [0, 0.1) is 0 Å². The molecule has 0 aromatic carbocycles. The summed E-state index contributed by atoms with van der Waals surface area (Å²) in [6, 6.07) is 5.54. The molecule has 0 spiro atoms. The number of halogens is 1. The highest BCUT2D eigenvalue weighted by Crippen LogP contribution is 2.20. The summed E-state index contributed by atoms with van der Waals surface area (Å²) < 4.78 is 5.95. The molecule has 2 aromatic rings. The lowest BCUT2D eigenvalue weighted by Gasteiger charge is -2.12. The molecule has 2 aromatic heterocycles. The molecule has 0 aliphatic heterocycles. The summed E-state index contributed by atoms with van der Waals surface area (Å²) in [5.74, 6) is 5.49. The molecular formula is C10H10BrN3O. The van der Waals surface area contributed by atoms with Crippen LogP contribution in [0.4, 0.5) is 0 Å². The summed E-state index contributed by atoms with van der Waals surface area (Å²) in [5.41, 5.74) is 4.50. The molecule has 2 rings (SSSR count). The van der Waals surface area contributed by atoms with Crippen molar-refractivity contribution < 1.29 is 4.42 Å². The molecule has 0 aliphatic rings. The molecule has 0 saturated carbocycles. The van der Waals surface area contributed by atoms with E-state index in [-0.39, 0.29) is 6.04 Å². The number of hydrazine groups is 1. The fraction of sp³-hybridized carbons (Fsp3) is 0.100. The highest BCUT2D eigenvalue weighted by molar-refractivity contribution is 9.10. The summed E-state index contributed by atoms with van der Waals surface area (Å²) >= 11 is 3.33. The summed E-state index contributed by atoms with van der Waals surface area (Å²) in [7, 11) is 0. The maximum Gasteiger partial charge on any atom is 0.0954 e. The normalized spacial score (nSPS) is 12.7. The predicted molar refractivity (Wildman–Crippen MR) is 59.8 cm³/mol. The van der Waals surface area contributed by atoms with Crippen LogP contribution >= 0.6 is 15.9 Å². The molecule has 2 heterocycles. The van der Waals surface area contributed by atoms with Crippen molar-refractivity contribution in [1.29, 1.82) is 0 Å². The van der Waals surface area contributed by atoms with E-state index in [0.29, 0.717) is 0 Å². The van der Waals surface area contributed by atoms with Gasteiger partial charge >= 0.3 is 0 Å². The minimum Gasteiger partial charge on any atom is -0.472 e. The lowest BCUT2D eigenvalue weighted by atomic mass is 10.1. The minimum atomic E-state index is -0.142. The summed E-state index contributed by atoms with van der Waals surface area (Å²) in [5, 5.41) is 0. The van der Waals surface area contributed by atoms with E-state index in [0.717, 1.165) is 15.7 Å². The third-order valence-electron chi connectivity index (χ3n) is 2.09. The van der Waals surface area contributed by atoms with Crippen molar-refractivity contribution in [2.24, 2.45) is 5.84 Å². The summed E-state index contributed by atoms with van der Waals surface area (Å²) in [6.07, 6.45) is 4.99. The Labute approximate surface area is 95.6 Å². The second-order valence-electron chi connectivity index (χ2n) is 3.06. The number of aromatic nitrogens is 1. The van der Waals surface area contributed by atoms with Gasteiger partial charge in [-0.05, 0) is 34.1 Å². The molecular weight excluding hydrogens is 258 g/mol. The number of hydrogen-bond donors (Lipinski definition) is 2. The summed E-state index contributed by atoms with van der Waals surface area (Å²) in [4.78, 5) is 4.27. The zero-order chi connectivity index (χ0) is 10.7. The van der Waals surface area contributed by atoms with Gasteiger partial charge in [-0.1, -0.05) is 0 Å². The average molecular weight is 268 g/mol. The van der Waals surface area contributed by atoms with Gasteiger partial charge in [0.2, 0.25) is 0 Å². The zero-order valence-electron chi connectivity index (χ0n) is 7.85. The van der Waals surface area contributed by atoms with Crippen molar-refractivity contribution in [1.82, 2.24) is 10.4 Å². The van der Waals surface area contributed by atoms with Crippen molar-refractivity contribution in [2.75, 3.05) is 0 Å². The molecule has 0 fully saturated rings. The molecule has 0 saturated heterocycles. The predicted octanol–water partition coefficient (Wildman–Crippen LogP) is 1.99. The Hall–Kier alpha value is -1.17. The Kier molecular flexibility index (Phi) is 3.15. The standard InChI is InChI=1S/C10H10BrN3O/c11-8-1-2-9(13-5-8)10(14-12)7-3-4-15-6-7/h1-6,10,14H,12H2. The lowest BCUT2D eigenvalue weighted by molar-refractivity contribution is 0.551. The van der Waals surface area contributed by atoms with Crippen LogP contribution in [0.2, 0.25) is 0 Å². The molecule has 3 N–H and O–H groups in total. The van der Waals surface area contributed by atoms with E-state index >= 15 is 0 Å². The molecule has 0 amide bonds. The van der Waals surface area contributed by atoms with Crippen LogP contribution in [0.5, 0.6) is 0 Å². The zero-order valence-corrected chi connectivity index (χ0v) is 9.44. The van der Waals surface area contributed by atoms with Gasteiger partial charge in [-0.3, -0.25) is 10.8 Å². The number of pyridine rings is 1. The Balaban J connectivity index is 2.31. The quantitative estimate of drug-likeness (QED) is 0.660. The third-order valence-corrected chi connectivity index (χ3v) is 2.56. The smallest absolute Gasteiger partial charge is 0.0954 e. The number of nitrogens with one attached hydrogen (secondary N) is 1. The van der Waals surface area contributed by atoms with Gasteiger partial charge in [0.25, 0.3) is 0 Å². The van der Waals surface area contributed by atoms with Gasteiger partial charge in [0, 0.05) is 16.2 Å². The molecule has 15 heavy (non-hydrogen) atoms. The van der Waals surface area contributed by atoms with Crippen LogP contribution in [-0.2, 0) is 0 Å². The van der Waals surface area contributed by atoms with E-state index in [1.54, 1.807) is 18.7 Å². The second kappa shape index (κ2) is 4.57. The minimum absolute atomic E-state index is 0.142. The first kappa shape index (κ1) is 10.4. The third kappa shape index (κ3) is 2.26. The monoisotopic (exact) mass is 267 g/mol. The van der Waals surface area contributed by atoms with E-state index in [4.69, 9.17) is 10.3 Å². The molecule has 0 aliphatic carbocycles.